The first-order valence-corrected chi connectivity index (χ1v) is 6.31. The summed E-state index contributed by atoms with van der Waals surface area (Å²) in [5.74, 6) is -0.000420. The van der Waals surface area contributed by atoms with Crippen molar-refractivity contribution in [3.63, 3.8) is 0 Å². The van der Waals surface area contributed by atoms with Crippen molar-refractivity contribution in [2.75, 3.05) is 0 Å². The van der Waals surface area contributed by atoms with Gasteiger partial charge in [-0.2, -0.15) is 5.10 Å². The van der Waals surface area contributed by atoms with Crippen molar-refractivity contribution in [3.8, 4) is 0 Å². The second-order valence-electron chi connectivity index (χ2n) is 4.31. The van der Waals surface area contributed by atoms with E-state index in [0.717, 1.165) is 0 Å². The molecule has 0 bridgehead atoms. The summed E-state index contributed by atoms with van der Waals surface area (Å²) in [6.45, 7) is 2.02. The van der Waals surface area contributed by atoms with Crippen molar-refractivity contribution in [1.82, 2.24) is 20.7 Å². The molecule has 0 unspecified atom stereocenters. The Morgan fingerprint density at radius 1 is 1.40 bits per heavy atom. The summed E-state index contributed by atoms with van der Waals surface area (Å²) in [5, 5.41) is 6.32. The van der Waals surface area contributed by atoms with Gasteiger partial charge in [0.1, 0.15) is 11.5 Å². The number of aryl methyl sites for hydroxylation is 1. The third-order valence-corrected chi connectivity index (χ3v) is 2.78. The van der Waals surface area contributed by atoms with Crippen LogP contribution >= 0.6 is 0 Å². The number of amides is 2. The van der Waals surface area contributed by atoms with E-state index in [2.05, 4.69) is 25.8 Å². The number of nitrogens with zero attached hydrogens (tertiary/aromatic N) is 2. The van der Waals surface area contributed by atoms with Crippen molar-refractivity contribution >= 4 is 17.5 Å². The Hall–Kier alpha value is -2.51. The highest BCUT2D eigenvalue weighted by atomic mass is 16.2. The standard InChI is InChI=1S/C12H15N5O3/c1-2-9-14-7(5-11(19)15-9)6-13-12(20)8-3-4-10(18)17-16-8/h5H,2-4,6H2,1H3,(H,13,20)(H,17,18)(H,14,15,19). The second-order valence-corrected chi connectivity index (χ2v) is 4.31. The summed E-state index contributed by atoms with van der Waals surface area (Å²) in [7, 11) is 0. The van der Waals surface area contributed by atoms with Crippen LogP contribution in [0.4, 0.5) is 0 Å². The molecule has 0 spiro atoms. The van der Waals surface area contributed by atoms with E-state index in [1.807, 2.05) is 6.92 Å². The molecule has 2 amide bonds. The van der Waals surface area contributed by atoms with Crippen LogP contribution in [0.1, 0.15) is 31.3 Å². The van der Waals surface area contributed by atoms with E-state index >= 15 is 0 Å². The van der Waals surface area contributed by atoms with E-state index < -0.39 is 0 Å². The quantitative estimate of drug-likeness (QED) is 0.669. The fourth-order valence-corrected chi connectivity index (χ4v) is 1.73. The van der Waals surface area contributed by atoms with Crippen LogP contribution in [0.5, 0.6) is 0 Å². The van der Waals surface area contributed by atoms with Crippen LogP contribution in [0, 0.1) is 0 Å². The lowest BCUT2D eigenvalue weighted by Gasteiger charge is -2.11. The smallest absolute Gasteiger partial charge is 0.267 e. The molecule has 0 saturated carbocycles. The average molecular weight is 277 g/mol. The van der Waals surface area contributed by atoms with Crippen LogP contribution in [0.25, 0.3) is 0 Å². The first-order valence-electron chi connectivity index (χ1n) is 6.31. The van der Waals surface area contributed by atoms with Crippen LogP contribution in [0.2, 0.25) is 0 Å². The fourth-order valence-electron chi connectivity index (χ4n) is 1.73. The molecule has 106 valence electrons. The molecule has 1 aromatic heterocycles. The zero-order valence-electron chi connectivity index (χ0n) is 11.0. The number of carbonyl (C=O) groups excluding carboxylic acids is 2. The summed E-state index contributed by atoms with van der Waals surface area (Å²) in [6.07, 6.45) is 1.16. The lowest BCUT2D eigenvalue weighted by atomic mass is 10.1. The van der Waals surface area contributed by atoms with Gasteiger partial charge < -0.3 is 10.3 Å². The van der Waals surface area contributed by atoms with E-state index in [4.69, 9.17) is 0 Å². The van der Waals surface area contributed by atoms with Gasteiger partial charge in [0.15, 0.2) is 0 Å². The fraction of sp³-hybridized carbons (Fsp3) is 0.417. The van der Waals surface area contributed by atoms with Crippen molar-refractivity contribution < 1.29 is 9.59 Å². The molecule has 0 aliphatic carbocycles. The van der Waals surface area contributed by atoms with Crippen molar-refractivity contribution in [3.05, 3.63) is 27.9 Å². The van der Waals surface area contributed by atoms with Crippen LogP contribution in [-0.4, -0.2) is 27.5 Å². The zero-order valence-corrected chi connectivity index (χ0v) is 11.0. The summed E-state index contributed by atoms with van der Waals surface area (Å²) in [4.78, 5) is 40.9. The molecule has 8 nitrogen and oxygen atoms in total. The van der Waals surface area contributed by atoms with E-state index in [1.54, 1.807) is 0 Å². The first-order chi connectivity index (χ1) is 9.58. The molecule has 1 aromatic rings. The molecule has 0 aromatic carbocycles. The Morgan fingerprint density at radius 3 is 2.85 bits per heavy atom. The van der Waals surface area contributed by atoms with Gasteiger partial charge in [-0.15, -0.1) is 0 Å². The van der Waals surface area contributed by atoms with Crippen molar-refractivity contribution in [2.45, 2.75) is 32.7 Å². The van der Waals surface area contributed by atoms with Crippen LogP contribution in [-0.2, 0) is 22.6 Å². The van der Waals surface area contributed by atoms with E-state index in [-0.39, 0.29) is 36.1 Å². The first kappa shape index (κ1) is 13.9. The number of aromatic amines is 1. The number of hydrogen-bond acceptors (Lipinski definition) is 5. The maximum atomic E-state index is 11.8. The molecule has 0 fully saturated rings. The Bertz CT molecular complexity index is 620. The molecular formula is C12H15N5O3. The van der Waals surface area contributed by atoms with Gasteiger partial charge in [-0.1, -0.05) is 6.92 Å². The van der Waals surface area contributed by atoms with Gasteiger partial charge in [0.25, 0.3) is 11.5 Å². The minimum atomic E-state index is -0.370. The maximum Gasteiger partial charge on any atom is 0.267 e. The average Bonchev–Trinajstić information content (AvgIpc) is 2.45. The Kier molecular flexibility index (Phi) is 4.24. The summed E-state index contributed by atoms with van der Waals surface area (Å²) in [5.41, 5.74) is 2.76. The maximum absolute atomic E-state index is 11.8. The normalized spacial score (nSPS) is 14.4. The van der Waals surface area contributed by atoms with E-state index in [1.165, 1.54) is 6.07 Å². The zero-order chi connectivity index (χ0) is 14.5. The second kappa shape index (κ2) is 6.09. The number of aromatic nitrogens is 2. The summed E-state index contributed by atoms with van der Waals surface area (Å²) < 4.78 is 0. The predicted octanol–water partition coefficient (Wildman–Crippen LogP) is -0.785. The molecule has 2 rings (SSSR count). The number of nitrogens with one attached hydrogen (secondary N) is 3. The van der Waals surface area contributed by atoms with Crippen LogP contribution < -0.4 is 16.3 Å². The predicted molar refractivity (Wildman–Crippen MR) is 70.9 cm³/mol. The molecular weight excluding hydrogens is 262 g/mol. The number of carbonyl (C=O) groups is 2. The van der Waals surface area contributed by atoms with Crippen LogP contribution in [0.15, 0.2) is 16.0 Å². The molecule has 0 radical (unpaired) electrons. The third-order valence-electron chi connectivity index (χ3n) is 2.78. The molecule has 20 heavy (non-hydrogen) atoms. The number of hydrogen-bond donors (Lipinski definition) is 3. The molecule has 0 saturated heterocycles. The number of rotatable bonds is 4. The Labute approximate surface area is 114 Å². The van der Waals surface area contributed by atoms with Gasteiger partial charge in [0.2, 0.25) is 5.91 Å². The largest absolute Gasteiger partial charge is 0.345 e. The van der Waals surface area contributed by atoms with Gasteiger partial charge in [-0.3, -0.25) is 14.4 Å². The number of hydrazone groups is 1. The highest BCUT2D eigenvalue weighted by Gasteiger charge is 2.18. The number of H-pyrrole nitrogens is 1. The van der Waals surface area contributed by atoms with Gasteiger partial charge >= 0.3 is 0 Å². The summed E-state index contributed by atoms with van der Waals surface area (Å²) >= 11 is 0. The van der Waals surface area contributed by atoms with Gasteiger partial charge in [0, 0.05) is 25.3 Å². The van der Waals surface area contributed by atoms with E-state index in [9.17, 15) is 14.4 Å². The molecule has 8 heteroatoms. The highest BCUT2D eigenvalue weighted by molar-refractivity contribution is 6.39. The third kappa shape index (κ3) is 3.50. The highest BCUT2D eigenvalue weighted by Crippen LogP contribution is 2.00. The van der Waals surface area contributed by atoms with Gasteiger partial charge in [-0.25, -0.2) is 10.4 Å². The van der Waals surface area contributed by atoms with Gasteiger partial charge in [0.05, 0.1) is 12.2 Å². The van der Waals surface area contributed by atoms with E-state index in [0.29, 0.717) is 24.4 Å². The SMILES string of the molecule is CCc1nc(CNC(=O)C2=NNC(=O)CC2)cc(=O)[nH]1. The molecule has 2 heterocycles. The lowest BCUT2D eigenvalue weighted by molar-refractivity contribution is -0.121. The van der Waals surface area contributed by atoms with Crippen molar-refractivity contribution in [1.29, 1.82) is 0 Å². The van der Waals surface area contributed by atoms with Crippen molar-refractivity contribution in [2.24, 2.45) is 5.10 Å². The molecule has 1 aliphatic rings. The lowest BCUT2D eigenvalue weighted by Crippen LogP contribution is -2.36. The summed E-state index contributed by atoms with van der Waals surface area (Å²) in [6, 6.07) is 1.34. The molecule has 0 atom stereocenters. The Balaban J connectivity index is 1.98. The van der Waals surface area contributed by atoms with Gasteiger partial charge in [-0.05, 0) is 0 Å². The molecule has 3 N–H and O–H groups in total. The minimum Gasteiger partial charge on any atom is -0.345 e. The van der Waals surface area contributed by atoms with Crippen LogP contribution in [0.3, 0.4) is 0 Å². The molecule has 1 aliphatic heterocycles. The minimum absolute atomic E-state index is 0.142. The Morgan fingerprint density at radius 2 is 2.20 bits per heavy atom. The monoisotopic (exact) mass is 277 g/mol. The topological polar surface area (TPSA) is 116 Å².